The number of esters is 1. The number of rotatable bonds is 8. The van der Waals surface area contributed by atoms with Gasteiger partial charge in [0.15, 0.2) is 12.2 Å². The van der Waals surface area contributed by atoms with Gasteiger partial charge >= 0.3 is 5.97 Å². The van der Waals surface area contributed by atoms with Crippen molar-refractivity contribution in [2.45, 2.75) is 57.4 Å². The Kier molecular flexibility index (Phi) is 8.53. The number of carbonyl (C=O) groups excluding carboxylic acids is 2. The van der Waals surface area contributed by atoms with Crippen molar-refractivity contribution in [2.24, 2.45) is 0 Å². The van der Waals surface area contributed by atoms with Crippen molar-refractivity contribution in [1.82, 2.24) is 4.90 Å². The summed E-state index contributed by atoms with van der Waals surface area (Å²) in [6.45, 7) is 6.85. The van der Waals surface area contributed by atoms with Gasteiger partial charge in [-0.15, -0.1) is 11.6 Å². The van der Waals surface area contributed by atoms with Gasteiger partial charge < -0.3 is 24.6 Å². The van der Waals surface area contributed by atoms with Gasteiger partial charge in [-0.2, -0.15) is 0 Å². The molecule has 0 saturated heterocycles. The van der Waals surface area contributed by atoms with Crippen LogP contribution in [0.4, 0.5) is 0 Å². The van der Waals surface area contributed by atoms with Gasteiger partial charge in [0, 0.05) is 18.5 Å². The van der Waals surface area contributed by atoms with Gasteiger partial charge in [0.25, 0.3) is 5.91 Å². The molecule has 0 aliphatic rings. The van der Waals surface area contributed by atoms with E-state index in [9.17, 15) is 19.8 Å². The maximum atomic E-state index is 12.6. The fourth-order valence-electron chi connectivity index (χ4n) is 2.30. The van der Waals surface area contributed by atoms with E-state index >= 15 is 0 Å². The molecule has 0 bridgehead atoms. The normalized spacial score (nSPS) is 14.8. The summed E-state index contributed by atoms with van der Waals surface area (Å²) in [6.07, 6.45) is -3.94. The number of aliphatic hydroxyl groups excluding tert-OH is 2. The van der Waals surface area contributed by atoms with Crippen LogP contribution in [0.3, 0.4) is 0 Å². The topological polar surface area (TPSA) is 96.3 Å². The lowest BCUT2D eigenvalue weighted by atomic mass is 10.1. The van der Waals surface area contributed by atoms with Crippen molar-refractivity contribution in [2.75, 3.05) is 13.7 Å². The van der Waals surface area contributed by atoms with Crippen LogP contribution in [0.1, 0.15) is 33.3 Å². The molecule has 0 heterocycles. The minimum absolute atomic E-state index is 0.129. The molecule has 8 heteroatoms. The van der Waals surface area contributed by atoms with E-state index in [0.717, 1.165) is 5.56 Å². The first-order valence-electron chi connectivity index (χ1n) is 8.59. The lowest BCUT2D eigenvalue weighted by molar-refractivity contribution is -0.176. The van der Waals surface area contributed by atoms with E-state index in [2.05, 4.69) is 0 Å². The van der Waals surface area contributed by atoms with Crippen LogP contribution < -0.4 is 4.74 Å². The molecule has 0 spiro atoms. The van der Waals surface area contributed by atoms with E-state index in [1.165, 1.54) is 4.90 Å². The third kappa shape index (κ3) is 7.74. The highest BCUT2D eigenvalue weighted by atomic mass is 35.5. The van der Waals surface area contributed by atoms with Crippen LogP contribution in [-0.4, -0.2) is 63.8 Å². The van der Waals surface area contributed by atoms with E-state index in [-0.39, 0.29) is 13.1 Å². The molecular formula is C19H28ClNO6. The fourth-order valence-corrected chi connectivity index (χ4v) is 2.47. The molecule has 1 aromatic rings. The highest BCUT2D eigenvalue weighted by molar-refractivity contribution is 6.20. The average molecular weight is 402 g/mol. The minimum atomic E-state index is -1.99. The third-order valence-electron chi connectivity index (χ3n) is 3.52. The smallest absolute Gasteiger partial charge is 0.338 e. The zero-order chi connectivity index (χ0) is 20.8. The Morgan fingerprint density at radius 2 is 1.70 bits per heavy atom. The summed E-state index contributed by atoms with van der Waals surface area (Å²) in [5, 5.41) is 19.8. The monoisotopic (exact) mass is 401 g/mol. The number of amides is 1. The SMILES string of the molecule is COc1ccc(CN(CC(C)Cl)C(=O)C(O)C(O)C(=O)OC(C)(C)C)cc1. The lowest BCUT2D eigenvalue weighted by Gasteiger charge is -2.29. The third-order valence-corrected chi connectivity index (χ3v) is 3.65. The molecule has 1 aromatic carbocycles. The molecule has 1 amide bonds. The van der Waals surface area contributed by atoms with Crippen LogP contribution in [0.5, 0.6) is 5.75 Å². The minimum Gasteiger partial charge on any atom is -0.497 e. The van der Waals surface area contributed by atoms with Gasteiger partial charge in [-0.25, -0.2) is 4.79 Å². The average Bonchev–Trinajstić information content (AvgIpc) is 2.58. The second-order valence-corrected chi connectivity index (χ2v) is 8.02. The lowest BCUT2D eigenvalue weighted by Crippen LogP contribution is -2.50. The van der Waals surface area contributed by atoms with Crippen molar-refractivity contribution in [3.05, 3.63) is 29.8 Å². The van der Waals surface area contributed by atoms with E-state index in [4.69, 9.17) is 21.1 Å². The maximum absolute atomic E-state index is 12.6. The highest BCUT2D eigenvalue weighted by Gasteiger charge is 2.36. The first-order valence-corrected chi connectivity index (χ1v) is 9.03. The van der Waals surface area contributed by atoms with Crippen LogP contribution in [0.15, 0.2) is 24.3 Å². The summed E-state index contributed by atoms with van der Waals surface area (Å²) in [5.74, 6) is -1.20. The Morgan fingerprint density at radius 3 is 2.15 bits per heavy atom. The molecular weight excluding hydrogens is 374 g/mol. The van der Waals surface area contributed by atoms with E-state index in [0.29, 0.717) is 5.75 Å². The predicted octanol–water partition coefficient (Wildman–Crippen LogP) is 1.71. The summed E-state index contributed by atoms with van der Waals surface area (Å²) in [5.41, 5.74) is -0.0747. The van der Waals surface area contributed by atoms with Gasteiger partial charge in [-0.3, -0.25) is 4.79 Å². The predicted molar refractivity (Wildman–Crippen MR) is 102 cm³/mol. The zero-order valence-corrected chi connectivity index (χ0v) is 17.1. The number of ether oxygens (including phenoxy) is 2. The van der Waals surface area contributed by atoms with Crippen LogP contribution >= 0.6 is 11.6 Å². The van der Waals surface area contributed by atoms with Crippen molar-refractivity contribution in [3.8, 4) is 5.75 Å². The number of halogens is 1. The summed E-state index contributed by atoms with van der Waals surface area (Å²) >= 11 is 6.01. The summed E-state index contributed by atoms with van der Waals surface area (Å²) < 4.78 is 10.1. The Morgan fingerprint density at radius 1 is 1.15 bits per heavy atom. The molecule has 3 atom stereocenters. The number of hydrogen-bond acceptors (Lipinski definition) is 6. The molecule has 3 unspecified atom stereocenters. The quantitative estimate of drug-likeness (QED) is 0.508. The summed E-state index contributed by atoms with van der Waals surface area (Å²) in [6, 6.07) is 7.03. The standard InChI is InChI=1S/C19H28ClNO6/c1-12(20)10-21(11-13-6-8-14(26-5)9-7-13)17(24)15(22)16(23)18(25)27-19(2,3)4/h6-9,12,15-16,22-23H,10-11H2,1-5H3. The second-order valence-electron chi connectivity index (χ2n) is 7.27. The number of carbonyl (C=O) groups is 2. The van der Waals surface area contributed by atoms with Gasteiger partial charge in [0.1, 0.15) is 11.4 Å². The van der Waals surface area contributed by atoms with Gasteiger partial charge in [0.05, 0.1) is 7.11 Å². The Labute approximate surface area is 164 Å². The summed E-state index contributed by atoms with van der Waals surface area (Å²) in [7, 11) is 1.55. The number of alkyl halides is 1. The molecule has 0 aliphatic carbocycles. The highest BCUT2D eigenvalue weighted by Crippen LogP contribution is 2.16. The first-order chi connectivity index (χ1) is 12.4. The fraction of sp³-hybridized carbons (Fsp3) is 0.579. The Bertz CT molecular complexity index is 626. The first kappa shape index (κ1) is 23.2. The van der Waals surface area contributed by atoms with E-state index < -0.39 is 35.1 Å². The molecule has 1 rings (SSSR count). The molecule has 2 N–H and O–H groups in total. The number of hydrogen-bond donors (Lipinski definition) is 2. The van der Waals surface area contributed by atoms with E-state index in [1.54, 1.807) is 59.1 Å². The number of aliphatic hydroxyl groups is 2. The maximum Gasteiger partial charge on any atom is 0.338 e. The molecule has 27 heavy (non-hydrogen) atoms. The number of methoxy groups -OCH3 is 1. The molecule has 0 saturated carbocycles. The molecule has 0 fully saturated rings. The molecule has 0 radical (unpaired) electrons. The van der Waals surface area contributed by atoms with Crippen LogP contribution in [-0.2, 0) is 20.9 Å². The van der Waals surface area contributed by atoms with Crippen LogP contribution in [0, 0.1) is 0 Å². The van der Waals surface area contributed by atoms with Gasteiger partial charge in [-0.05, 0) is 45.4 Å². The number of benzene rings is 1. The van der Waals surface area contributed by atoms with Crippen molar-refractivity contribution < 1.29 is 29.3 Å². The van der Waals surface area contributed by atoms with E-state index in [1.807, 2.05) is 0 Å². The molecule has 0 aromatic heterocycles. The molecule has 152 valence electrons. The second kappa shape index (κ2) is 9.92. The van der Waals surface area contributed by atoms with Crippen molar-refractivity contribution >= 4 is 23.5 Å². The van der Waals surface area contributed by atoms with Crippen molar-refractivity contribution in [1.29, 1.82) is 0 Å². The zero-order valence-electron chi connectivity index (χ0n) is 16.3. The van der Waals surface area contributed by atoms with Crippen LogP contribution in [0.2, 0.25) is 0 Å². The van der Waals surface area contributed by atoms with Crippen molar-refractivity contribution in [3.63, 3.8) is 0 Å². The Hall–Kier alpha value is -1.83. The number of nitrogens with zero attached hydrogens (tertiary/aromatic N) is 1. The Balaban J connectivity index is 2.90. The largest absolute Gasteiger partial charge is 0.497 e. The van der Waals surface area contributed by atoms with Gasteiger partial charge in [-0.1, -0.05) is 12.1 Å². The molecule has 7 nitrogen and oxygen atoms in total. The van der Waals surface area contributed by atoms with Crippen LogP contribution in [0.25, 0.3) is 0 Å². The van der Waals surface area contributed by atoms with Gasteiger partial charge in [0.2, 0.25) is 0 Å². The summed E-state index contributed by atoms with van der Waals surface area (Å²) in [4.78, 5) is 25.9. The molecule has 0 aliphatic heterocycles.